The molecule has 0 aromatic heterocycles. The number of nitrogens with two attached hydrogens (primary N) is 1. The summed E-state index contributed by atoms with van der Waals surface area (Å²) in [6.45, 7) is 6.75. The molecular formula is C17H28IN3O. The van der Waals surface area contributed by atoms with Gasteiger partial charge in [0.25, 0.3) is 0 Å². The molecule has 2 rings (SSSR count). The predicted octanol–water partition coefficient (Wildman–Crippen LogP) is 3.57. The lowest BCUT2D eigenvalue weighted by atomic mass is 10.2. The molecule has 5 heteroatoms. The number of hydrogen-bond donors (Lipinski definition) is 1. The Balaban J connectivity index is 0.00000242. The maximum atomic E-state index is 6.10. The molecule has 0 amide bonds. The van der Waals surface area contributed by atoms with Crippen molar-refractivity contribution < 1.29 is 4.74 Å². The average Bonchev–Trinajstić information content (AvgIpc) is 2.74. The summed E-state index contributed by atoms with van der Waals surface area (Å²) in [6.07, 6.45) is 5.06. The number of aliphatic imine (C=N–C) groups is 1. The lowest BCUT2D eigenvalue weighted by Gasteiger charge is -2.22. The highest BCUT2D eigenvalue weighted by molar-refractivity contribution is 14.0. The molecule has 0 bridgehead atoms. The van der Waals surface area contributed by atoms with Crippen LogP contribution in [0.4, 0.5) is 0 Å². The summed E-state index contributed by atoms with van der Waals surface area (Å²) in [5, 5.41) is 0. The van der Waals surface area contributed by atoms with E-state index in [0.29, 0.717) is 12.5 Å². The van der Waals surface area contributed by atoms with Gasteiger partial charge in [-0.15, -0.1) is 24.0 Å². The van der Waals surface area contributed by atoms with Gasteiger partial charge < -0.3 is 15.4 Å². The van der Waals surface area contributed by atoms with Gasteiger partial charge in [0, 0.05) is 13.1 Å². The molecule has 1 atom stereocenters. The van der Waals surface area contributed by atoms with Crippen molar-refractivity contribution in [2.75, 3.05) is 19.6 Å². The average molecular weight is 417 g/mol. The summed E-state index contributed by atoms with van der Waals surface area (Å²) < 4.78 is 5.88. The molecule has 4 nitrogen and oxygen atoms in total. The standard InChI is InChI=1S/C17H27N3O.HI/c1-14-8-7-9-16(12-14)21-15(2)13-19-17(18)20-10-5-3-4-6-11-20;/h7-9,12,15H,3-6,10-11,13H2,1-2H3,(H2,18,19);1H. The van der Waals surface area contributed by atoms with Crippen LogP contribution in [0.2, 0.25) is 0 Å². The van der Waals surface area contributed by atoms with Crippen molar-refractivity contribution in [3.8, 4) is 5.75 Å². The second-order valence-corrected chi connectivity index (χ2v) is 5.85. The van der Waals surface area contributed by atoms with Gasteiger partial charge in [-0.1, -0.05) is 25.0 Å². The Morgan fingerprint density at radius 1 is 1.27 bits per heavy atom. The molecule has 1 aromatic carbocycles. The van der Waals surface area contributed by atoms with Gasteiger partial charge in [0.15, 0.2) is 5.96 Å². The van der Waals surface area contributed by atoms with E-state index >= 15 is 0 Å². The molecule has 2 N–H and O–H groups in total. The maximum absolute atomic E-state index is 6.10. The molecule has 0 aliphatic carbocycles. The SMILES string of the molecule is Cc1cccc(OC(C)CN=C(N)N2CCCCCC2)c1.I. The summed E-state index contributed by atoms with van der Waals surface area (Å²) in [5.41, 5.74) is 7.31. The second-order valence-electron chi connectivity index (χ2n) is 5.85. The van der Waals surface area contributed by atoms with Crippen LogP contribution in [0.3, 0.4) is 0 Å². The number of halogens is 1. The van der Waals surface area contributed by atoms with Crippen LogP contribution in [0, 0.1) is 6.92 Å². The molecule has 1 saturated heterocycles. The molecule has 22 heavy (non-hydrogen) atoms. The number of aryl methyl sites for hydroxylation is 1. The Morgan fingerprint density at radius 2 is 1.95 bits per heavy atom. The highest BCUT2D eigenvalue weighted by atomic mass is 127. The quantitative estimate of drug-likeness (QED) is 0.463. The first kappa shape index (κ1) is 19.1. The monoisotopic (exact) mass is 417 g/mol. The Kier molecular flexibility index (Phi) is 8.60. The van der Waals surface area contributed by atoms with E-state index in [4.69, 9.17) is 10.5 Å². The van der Waals surface area contributed by atoms with Crippen molar-refractivity contribution in [3.05, 3.63) is 29.8 Å². The number of nitrogens with zero attached hydrogens (tertiary/aromatic N) is 2. The van der Waals surface area contributed by atoms with Crippen molar-refractivity contribution in [1.82, 2.24) is 4.90 Å². The smallest absolute Gasteiger partial charge is 0.191 e. The van der Waals surface area contributed by atoms with Gasteiger partial charge in [0.1, 0.15) is 11.9 Å². The number of rotatable bonds is 4. The van der Waals surface area contributed by atoms with E-state index in [9.17, 15) is 0 Å². The molecule has 1 heterocycles. The van der Waals surface area contributed by atoms with Crippen LogP contribution in [0.5, 0.6) is 5.75 Å². The largest absolute Gasteiger partial charge is 0.489 e. The minimum atomic E-state index is 0. The summed E-state index contributed by atoms with van der Waals surface area (Å²) >= 11 is 0. The van der Waals surface area contributed by atoms with Crippen LogP contribution in [-0.2, 0) is 0 Å². The molecule has 1 fully saturated rings. The van der Waals surface area contributed by atoms with Gasteiger partial charge in [-0.25, -0.2) is 4.99 Å². The number of benzene rings is 1. The van der Waals surface area contributed by atoms with E-state index in [1.54, 1.807) is 0 Å². The fraction of sp³-hybridized carbons (Fsp3) is 0.588. The molecule has 1 aromatic rings. The van der Waals surface area contributed by atoms with Crippen LogP contribution in [-0.4, -0.2) is 36.6 Å². The Hall–Kier alpha value is -0.980. The van der Waals surface area contributed by atoms with Crippen molar-refractivity contribution >= 4 is 29.9 Å². The molecule has 1 unspecified atom stereocenters. The van der Waals surface area contributed by atoms with E-state index in [-0.39, 0.29) is 30.1 Å². The van der Waals surface area contributed by atoms with Gasteiger partial charge in [-0.05, 0) is 44.4 Å². The van der Waals surface area contributed by atoms with Gasteiger partial charge in [0.2, 0.25) is 0 Å². The molecule has 1 aliphatic heterocycles. The molecule has 0 spiro atoms. The predicted molar refractivity (Wildman–Crippen MR) is 103 cm³/mol. The molecular weight excluding hydrogens is 389 g/mol. The van der Waals surface area contributed by atoms with Crippen LogP contribution in [0.1, 0.15) is 38.2 Å². The van der Waals surface area contributed by atoms with Gasteiger partial charge in [-0.3, -0.25) is 0 Å². The zero-order valence-electron chi connectivity index (χ0n) is 13.6. The first-order valence-electron chi connectivity index (χ1n) is 7.93. The topological polar surface area (TPSA) is 50.9 Å². The van der Waals surface area contributed by atoms with Crippen LogP contribution in [0.15, 0.2) is 29.3 Å². The molecule has 0 radical (unpaired) electrons. The molecule has 124 valence electrons. The molecule has 0 saturated carbocycles. The summed E-state index contributed by atoms with van der Waals surface area (Å²) in [5.74, 6) is 1.56. The summed E-state index contributed by atoms with van der Waals surface area (Å²) in [4.78, 5) is 6.70. The van der Waals surface area contributed by atoms with Crippen molar-refractivity contribution in [3.63, 3.8) is 0 Å². The van der Waals surface area contributed by atoms with Gasteiger partial charge >= 0.3 is 0 Å². The lowest BCUT2D eigenvalue weighted by molar-refractivity contribution is 0.229. The van der Waals surface area contributed by atoms with E-state index in [1.165, 1.54) is 31.2 Å². The highest BCUT2D eigenvalue weighted by Gasteiger charge is 2.11. The lowest BCUT2D eigenvalue weighted by Crippen LogP contribution is -2.38. The van der Waals surface area contributed by atoms with Crippen molar-refractivity contribution in [2.24, 2.45) is 10.7 Å². The van der Waals surface area contributed by atoms with Crippen LogP contribution >= 0.6 is 24.0 Å². The number of ether oxygens (including phenoxy) is 1. The Labute approximate surface area is 151 Å². The third-order valence-corrected chi connectivity index (χ3v) is 3.77. The Bertz CT molecular complexity index is 471. The fourth-order valence-corrected chi connectivity index (χ4v) is 2.58. The van der Waals surface area contributed by atoms with E-state index < -0.39 is 0 Å². The molecule has 1 aliphatic rings. The van der Waals surface area contributed by atoms with Crippen molar-refractivity contribution in [1.29, 1.82) is 0 Å². The summed E-state index contributed by atoms with van der Waals surface area (Å²) in [6, 6.07) is 8.09. The third kappa shape index (κ3) is 6.42. The van der Waals surface area contributed by atoms with Gasteiger partial charge in [-0.2, -0.15) is 0 Å². The Morgan fingerprint density at radius 3 is 2.59 bits per heavy atom. The fourth-order valence-electron chi connectivity index (χ4n) is 2.58. The normalized spacial score (nSPS) is 17.4. The van der Waals surface area contributed by atoms with Gasteiger partial charge in [0.05, 0.1) is 6.54 Å². The second kappa shape index (κ2) is 9.92. The zero-order valence-corrected chi connectivity index (χ0v) is 16.0. The minimum Gasteiger partial charge on any atom is -0.489 e. The van der Waals surface area contributed by atoms with Crippen LogP contribution < -0.4 is 10.5 Å². The van der Waals surface area contributed by atoms with Crippen LogP contribution in [0.25, 0.3) is 0 Å². The summed E-state index contributed by atoms with van der Waals surface area (Å²) in [7, 11) is 0. The van der Waals surface area contributed by atoms with E-state index in [0.717, 1.165) is 18.8 Å². The minimum absolute atomic E-state index is 0. The van der Waals surface area contributed by atoms with E-state index in [1.807, 2.05) is 25.1 Å². The zero-order chi connectivity index (χ0) is 15.1. The van der Waals surface area contributed by atoms with E-state index in [2.05, 4.69) is 22.9 Å². The maximum Gasteiger partial charge on any atom is 0.191 e. The number of likely N-dealkylation sites (tertiary alicyclic amines) is 1. The number of hydrogen-bond acceptors (Lipinski definition) is 2. The van der Waals surface area contributed by atoms with Crippen molar-refractivity contribution in [2.45, 2.75) is 45.6 Å². The third-order valence-electron chi connectivity index (χ3n) is 3.77. The number of guanidine groups is 1. The first-order valence-corrected chi connectivity index (χ1v) is 7.93. The highest BCUT2D eigenvalue weighted by Crippen LogP contribution is 2.14. The first-order chi connectivity index (χ1) is 10.1.